The van der Waals surface area contributed by atoms with E-state index in [1.165, 1.54) is 24.3 Å². The number of amides is 6. The highest BCUT2D eigenvalue weighted by molar-refractivity contribution is 5.98. The maximum Gasteiger partial charge on any atom is 0.306 e. The summed E-state index contributed by atoms with van der Waals surface area (Å²) in [5.74, 6) is -10.2. The number of carbonyl (C=O) groups excluding carboxylic acids is 7. The first-order valence-electron chi connectivity index (χ1n) is 31.9. The van der Waals surface area contributed by atoms with Crippen LogP contribution in [0.4, 0.5) is 0 Å². The third-order valence-electron chi connectivity index (χ3n) is 17.8. The lowest BCUT2D eigenvalue weighted by atomic mass is 9.92. The van der Waals surface area contributed by atoms with E-state index in [4.69, 9.17) is 39.2 Å². The van der Waals surface area contributed by atoms with Crippen molar-refractivity contribution < 1.29 is 128 Å². The van der Waals surface area contributed by atoms with E-state index in [0.717, 1.165) is 11.3 Å². The van der Waals surface area contributed by atoms with Gasteiger partial charge in [0.15, 0.2) is 30.5 Å². The minimum atomic E-state index is -2.37. The second-order valence-corrected chi connectivity index (χ2v) is 24.5. The number of benzene rings is 2. The van der Waals surface area contributed by atoms with Crippen molar-refractivity contribution in [3.8, 4) is 5.75 Å². The van der Waals surface area contributed by atoms with Crippen LogP contribution >= 0.6 is 0 Å². The van der Waals surface area contributed by atoms with E-state index in [1.54, 1.807) is 37.3 Å². The fourth-order valence-electron chi connectivity index (χ4n) is 12.1. The topological polar surface area (TPSA) is 597 Å². The number of guanidine groups is 2. The first kappa shape index (κ1) is 76.1. The van der Waals surface area contributed by atoms with Gasteiger partial charge in [0.25, 0.3) is 0 Å². The van der Waals surface area contributed by atoms with Crippen LogP contribution in [0, 0.1) is 10.8 Å². The molecule has 38 heteroatoms. The molecule has 2 aromatic rings. The molecule has 25 unspecified atom stereocenters. The Labute approximate surface area is 559 Å². The average Bonchev–Trinajstić information content (AvgIpc) is 1.43. The van der Waals surface area contributed by atoms with Gasteiger partial charge in [0.05, 0.1) is 45.1 Å². The van der Waals surface area contributed by atoms with E-state index in [1.807, 2.05) is 6.92 Å². The van der Waals surface area contributed by atoms with Gasteiger partial charge in [-0.1, -0.05) is 69.2 Å². The van der Waals surface area contributed by atoms with Gasteiger partial charge >= 0.3 is 5.97 Å². The molecule has 24 N–H and O–H groups in total. The Kier molecular flexibility index (Phi) is 26.8. The Balaban J connectivity index is 1.09. The van der Waals surface area contributed by atoms with Crippen molar-refractivity contribution in [2.24, 2.45) is 0 Å². The van der Waals surface area contributed by atoms with E-state index in [0.29, 0.717) is 18.4 Å². The van der Waals surface area contributed by atoms with Crippen LogP contribution < -0.4 is 52.6 Å². The minimum Gasteiger partial charge on any atom is -0.462 e. The smallest absolute Gasteiger partial charge is 0.306 e. The largest absolute Gasteiger partial charge is 0.462 e. The second-order valence-electron chi connectivity index (χ2n) is 24.5. The molecule has 6 heterocycles. The third kappa shape index (κ3) is 17.9. The zero-order valence-corrected chi connectivity index (χ0v) is 53.2. The van der Waals surface area contributed by atoms with Gasteiger partial charge in [-0.2, -0.15) is 0 Å². The Bertz CT molecular complexity index is 3080. The number of hydrogen-bond donors (Lipinski definition) is 24. The van der Waals surface area contributed by atoms with E-state index in [9.17, 15) is 90.4 Å². The molecule has 6 amide bonds. The molecule has 0 spiro atoms. The number of nitrogens with one attached hydrogen (secondary N) is 11. The summed E-state index contributed by atoms with van der Waals surface area (Å²) in [5.41, 5.74) is 0.690. The number of aliphatic hydroxyl groups excluding tert-OH is 13. The maximum atomic E-state index is 15.2. The summed E-state index contributed by atoms with van der Waals surface area (Å²) in [6.45, 7) is -2.05. The molecule has 0 aromatic heterocycles. The number of esters is 1. The lowest BCUT2D eigenvalue weighted by Crippen LogP contribution is -2.69. The van der Waals surface area contributed by atoms with Crippen molar-refractivity contribution in [1.82, 2.24) is 52.8 Å². The van der Waals surface area contributed by atoms with Gasteiger partial charge in [-0.25, -0.2) is 0 Å². The number of unbranched alkanes of at least 4 members (excludes halogenated alkanes) is 2. The number of hydrogen-bond acceptors (Lipinski definition) is 28. The maximum absolute atomic E-state index is 15.2. The highest BCUT2D eigenvalue weighted by atomic mass is 16.7. The zero-order chi connectivity index (χ0) is 71.4. The highest BCUT2D eigenvalue weighted by Gasteiger charge is 2.55. The molecule has 0 aliphatic carbocycles. The van der Waals surface area contributed by atoms with Crippen molar-refractivity contribution >= 4 is 53.3 Å². The molecule has 25 atom stereocenters. The van der Waals surface area contributed by atoms with Crippen LogP contribution in [0.15, 0.2) is 54.6 Å². The zero-order valence-electron chi connectivity index (χ0n) is 53.2. The van der Waals surface area contributed by atoms with Gasteiger partial charge < -0.3 is 148 Å². The van der Waals surface area contributed by atoms with E-state index in [2.05, 4.69) is 47.9 Å². The van der Waals surface area contributed by atoms with Gasteiger partial charge in [0.2, 0.25) is 41.7 Å². The predicted molar refractivity (Wildman–Crippen MR) is 330 cm³/mol. The van der Waals surface area contributed by atoms with Crippen molar-refractivity contribution in [2.45, 2.75) is 198 Å². The molecule has 8 rings (SSSR count). The minimum absolute atomic E-state index is 0.0795. The van der Waals surface area contributed by atoms with Crippen LogP contribution in [0.2, 0.25) is 0 Å². The lowest BCUT2D eigenvalue weighted by molar-refractivity contribution is -0.353. The summed E-state index contributed by atoms with van der Waals surface area (Å²) in [4.78, 5) is 101. The van der Waals surface area contributed by atoms with Crippen molar-refractivity contribution in [2.75, 3.05) is 46.1 Å². The summed E-state index contributed by atoms with van der Waals surface area (Å²) < 4.78 is 34.5. The lowest BCUT2D eigenvalue weighted by Gasteiger charge is -2.46. The molecule has 38 nitrogen and oxygen atoms in total. The molecule has 544 valence electrons. The van der Waals surface area contributed by atoms with Crippen LogP contribution in [0.5, 0.6) is 5.75 Å². The SMILES string of the molecule is CCCCCC(=O)OC1C(OC2C(CO)OC(Oc3ccc(CC4NC(=O)C(C(C)c5ccccc5)NC(=O)CNC(=O)C(CO)NC(=O)C(C(O)C5CNC(=N)N5C5OC(CO)C(O)C(O)C5O)NC(=O)C(C(O)C5CNC(=N)N5)NC4=O)cc3)C(O)C2O)OC(CO)C(O)C1O. The summed E-state index contributed by atoms with van der Waals surface area (Å²) >= 11 is 0. The number of carbonyl (C=O) groups is 7. The molecule has 6 aliphatic heterocycles. The first-order valence-corrected chi connectivity index (χ1v) is 31.9. The van der Waals surface area contributed by atoms with E-state index >= 15 is 9.59 Å². The predicted octanol–water partition coefficient (Wildman–Crippen LogP) is -11.1. The van der Waals surface area contributed by atoms with Crippen molar-refractivity contribution in [3.05, 3.63) is 65.7 Å². The molecule has 2 aromatic carbocycles. The highest BCUT2D eigenvalue weighted by Crippen LogP contribution is 2.33. The van der Waals surface area contributed by atoms with Gasteiger partial charge in [-0.3, -0.25) is 44.4 Å². The number of nitrogens with zero attached hydrogens (tertiary/aromatic N) is 1. The quantitative estimate of drug-likeness (QED) is 0.0384. The molecule has 6 saturated heterocycles. The van der Waals surface area contributed by atoms with Crippen LogP contribution in [-0.2, 0) is 63.7 Å². The van der Waals surface area contributed by atoms with E-state index < -0.39 is 246 Å². The molecule has 6 fully saturated rings. The van der Waals surface area contributed by atoms with Crippen LogP contribution in [-0.4, -0.2) is 317 Å². The van der Waals surface area contributed by atoms with Crippen LogP contribution in [0.25, 0.3) is 0 Å². The van der Waals surface area contributed by atoms with Gasteiger partial charge in [0.1, 0.15) is 115 Å². The molecular formula is C60H88N12O26. The normalized spacial score (nSPS) is 35.6. The Morgan fingerprint density at radius 1 is 0.592 bits per heavy atom. The molecule has 98 heavy (non-hydrogen) atoms. The molecular weight excluding hydrogens is 1300 g/mol. The summed E-state index contributed by atoms with van der Waals surface area (Å²) in [6.07, 6.45) is -30.2. The standard InChI is InChI=1S/C60H88N12O26/c1-3-4-6-11-36(78)97-50-45(84)43(82)33(22-75)95-58(50)98-49-34(23-76)96-57(48(87)46(49)85)93-27-14-12-25(13-15-27)16-28-52(89)70-38(40(79)29-17-64-59(61)68-29)55(92)71-39(41(80)31-18-65-60(62)72(31)56-47(86)44(83)42(81)32(21-74)94-56)54(91)67-30(20-73)51(88)63-19-35(77)69-37(53(90)66-28)24(2)26-9-7-5-8-10-26/h5,7-10,12-15,24,28-34,37-50,56-58,73-76,79-87H,3-4,6,11,16-23H2,1-2H3,(H2,62,65)(H,63,88)(H,66,90)(H,67,91)(H,69,77)(H,70,89)(H,71,92)(H3,61,64,68). The van der Waals surface area contributed by atoms with Crippen LogP contribution in [0.3, 0.4) is 0 Å². The average molecular weight is 1390 g/mol. The van der Waals surface area contributed by atoms with Gasteiger partial charge in [-0.15, -0.1) is 0 Å². The summed E-state index contributed by atoms with van der Waals surface area (Å²) in [6, 6.07) is 0.658. The molecule has 0 radical (unpaired) electrons. The molecule has 6 aliphatic rings. The van der Waals surface area contributed by atoms with E-state index in [-0.39, 0.29) is 30.2 Å². The Morgan fingerprint density at radius 3 is 1.84 bits per heavy atom. The molecule has 0 bridgehead atoms. The number of aliphatic hydroxyl groups is 13. The monoisotopic (exact) mass is 1390 g/mol. The Morgan fingerprint density at radius 2 is 1.19 bits per heavy atom. The first-order chi connectivity index (χ1) is 46.7. The van der Waals surface area contributed by atoms with Gasteiger partial charge in [-0.05, 0) is 29.7 Å². The van der Waals surface area contributed by atoms with Gasteiger partial charge in [0, 0.05) is 31.8 Å². The van der Waals surface area contributed by atoms with Crippen molar-refractivity contribution in [3.63, 3.8) is 0 Å². The Hall–Kier alpha value is -7.61. The summed E-state index contributed by atoms with van der Waals surface area (Å²) in [7, 11) is 0. The fourth-order valence-corrected chi connectivity index (χ4v) is 12.1. The third-order valence-corrected chi connectivity index (χ3v) is 17.8. The molecule has 0 saturated carbocycles. The fraction of sp³-hybridized carbons (Fsp3) is 0.650. The second kappa shape index (κ2) is 34.4. The number of ether oxygens (including phenoxy) is 6. The van der Waals surface area contributed by atoms with Crippen molar-refractivity contribution in [1.29, 1.82) is 10.8 Å². The number of rotatable bonds is 22. The summed E-state index contributed by atoms with van der Waals surface area (Å²) in [5, 5.41) is 181. The van der Waals surface area contributed by atoms with Crippen LogP contribution in [0.1, 0.15) is 56.6 Å².